The predicted octanol–water partition coefficient (Wildman–Crippen LogP) is 4.71. The van der Waals surface area contributed by atoms with E-state index in [0.717, 1.165) is 53.5 Å². The number of carbonyl (C=O) groups is 2. The number of hydrogen-bond acceptors (Lipinski definition) is 7. The molecular weight excluding hydrogens is 594 g/mol. The molecule has 1 spiro atoms. The Morgan fingerprint density at radius 2 is 1.79 bits per heavy atom. The second-order valence-corrected chi connectivity index (χ2v) is 13.8. The van der Waals surface area contributed by atoms with Crippen LogP contribution in [0.4, 0.5) is 5.69 Å². The lowest BCUT2D eigenvalue weighted by atomic mass is 9.85. The lowest BCUT2D eigenvalue weighted by Crippen LogP contribution is -2.43. The first-order valence-corrected chi connectivity index (χ1v) is 17.0. The SMILES string of the molecule is Cn1nc(-c2ccc(C3=CCN(C(=O)CN4CC[C@]5(CCN(c6ccc7n[nH]c(C8CCCCC8)c7c6)C5=O)C4)CC3)cc2)oc1=O. The van der Waals surface area contributed by atoms with Crippen molar-refractivity contribution in [1.29, 1.82) is 0 Å². The topological polar surface area (TPSA) is 121 Å². The summed E-state index contributed by atoms with van der Waals surface area (Å²) < 4.78 is 6.36. The van der Waals surface area contributed by atoms with Crippen LogP contribution in [0, 0.1) is 5.41 Å². The van der Waals surface area contributed by atoms with Crippen LogP contribution in [0.3, 0.4) is 0 Å². The molecule has 3 aliphatic heterocycles. The number of H-pyrrole nitrogens is 1. The molecule has 1 saturated carbocycles. The Bertz CT molecular complexity index is 1910. The highest BCUT2D eigenvalue weighted by molar-refractivity contribution is 6.02. The Labute approximate surface area is 273 Å². The van der Waals surface area contributed by atoms with Gasteiger partial charge < -0.3 is 14.2 Å². The largest absolute Gasteiger partial charge is 0.437 e. The van der Waals surface area contributed by atoms with Gasteiger partial charge in [0.1, 0.15) is 0 Å². The first-order chi connectivity index (χ1) is 22.9. The molecule has 11 nitrogen and oxygen atoms in total. The monoisotopic (exact) mass is 635 g/mol. The maximum atomic E-state index is 14.0. The number of carbonyl (C=O) groups excluding carboxylic acids is 2. The van der Waals surface area contributed by atoms with Crippen LogP contribution in [0.25, 0.3) is 27.9 Å². The number of likely N-dealkylation sites (tertiary alicyclic amines) is 1. The van der Waals surface area contributed by atoms with Gasteiger partial charge in [-0.15, -0.1) is 5.10 Å². The van der Waals surface area contributed by atoms with Crippen LogP contribution >= 0.6 is 0 Å². The molecule has 1 atom stereocenters. The van der Waals surface area contributed by atoms with Crippen LogP contribution in [0.15, 0.2) is 57.8 Å². The Kier molecular flexibility index (Phi) is 7.58. The lowest BCUT2D eigenvalue weighted by molar-refractivity contribution is -0.132. The van der Waals surface area contributed by atoms with E-state index in [-0.39, 0.29) is 11.8 Å². The van der Waals surface area contributed by atoms with Gasteiger partial charge >= 0.3 is 5.76 Å². The van der Waals surface area contributed by atoms with Gasteiger partial charge in [0.05, 0.1) is 17.5 Å². The number of aromatic nitrogens is 4. The molecule has 2 amide bonds. The van der Waals surface area contributed by atoms with Crippen LogP contribution in [0.5, 0.6) is 0 Å². The van der Waals surface area contributed by atoms with Gasteiger partial charge in [-0.1, -0.05) is 37.5 Å². The van der Waals surface area contributed by atoms with Crippen molar-refractivity contribution in [3.63, 3.8) is 0 Å². The number of benzene rings is 2. The summed E-state index contributed by atoms with van der Waals surface area (Å²) in [6.45, 7) is 3.67. The predicted molar refractivity (Wildman–Crippen MR) is 179 cm³/mol. The van der Waals surface area contributed by atoms with E-state index in [2.05, 4.69) is 32.3 Å². The van der Waals surface area contributed by atoms with E-state index in [9.17, 15) is 14.4 Å². The first-order valence-electron chi connectivity index (χ1n) is 17.0. The minimum Gasteiger partial charge on any atom is -0.388 e. The van der Waals surface area contributed by atoms with Crippen LogP contribution in [0.1, 0.15) is 68.5 Å². The second-order valence-electron chi connectivity index (χ2n) is 13.8. The average Bonchev–Trinajstić information content (AvgIpc) is 3.88. The summed E-state index contributed by atoms with van der Waals surface area (Å²) in [4.78, 5) is 45.0. The molecule has 1 N–H and O–H groups in total. The van der Waals surface area contributed by atoms with Gasteiger partial charge in [0, 0.05) is 61.5 Å². The number of amides is 2. The third kappa shape index (κ3) is 5.50. The zero-order chi connectivity index (χ0) is 32.1. The molecule has 47 heavy (non-hydrogen) atoms. The van der Waals surface area contributed by atoms with Crippen LogP contribution in [-0.4, -0.2) is 80.9 Å². The Morgan fingerprint density at radius 1 is 1.00 bits per heavy atom. The molecule has 2 saturated heterocycles. The van der Waals surface area contributed by atoms with Crippen molar-refractivity contribution in [2.75, 3.05) is 44.2 Å². The van der Waals surface area contributed by atoms with Crippen molar-refractivity contribution in [3.05, 3.63) is 70.3 Å². The standard InChI is InChI=1S/C36H41N7O4/c1-40-35(46)47-33(39-40)27-9-7-24(8-10-27)25-13-17-42(18-14-25)31(44)22-41-19-15-36(23-41)16-20-43(34(36)45)28-11-12-30-29(21-28)32(38-37-30)26-5-3-2-4-6-26/h7-13,21,26H,2-6,14-20,22-23H2,1H3,(H,37,38)/t36-/m0/s1. The molecular formula is C36H41N7O4. The molecule has 4 aliphatic rings. The van der Waals surface area contributed by atoms with Gasteiger partial charge in [-0.25, -0.2) is 4.79 Å². The van der Waals surface area contributed by atoms with Crippen molar-refractivity contribution >= 4 is 34.0 Å². The summed E-state index contributed by atoms with van der Waals surface area (Å²) in [6, 6.07) is 14.1. The van der Waals surface area contributed by atoms with Gasteiger partial charge in [-0.3, -0.25) is 19.6 Å². The summed E-state index contributed by atoms with van der Waals surface area (Å²) in [5, 5.41) is 13.2. The second kappa shape index (κ2) is 11.9. The van der Waals surface area contributed by atoms with Crippen molar-refractivity contribution in [2.45, 2.75) is 57.3 Å². The number of anilines is 1. The maximum absolute atomic E-state index is 14.0. The van der Waals surface area contributed by atoms with Crippen molar-refractivity contribution in [2.24, 2.45) is 12.5 Å². The zero-order valence-corrected chi connectivity index (χ0v) is 26.9. The van der Waals surface area contributed by atoms with Crippen molar-refractivity contribution in [3.8, 4) is 11.5 Å². The normalized spacial score (nSPS) is 22.6. The quantitative estimate of drug-likeness (QED) is 0.326. The minimum absolute atomic E-state index is 0.112. The molecule has 2 aromatic carbocycles. The van der Waals surface area contributed by atoms with Crippen molar-refractivity contribution in [1.82, 2.24) is 29.8 Å². The van der Waals surface area contributed by atoms with Crippen LogP contribution in [0.2, 0.25) is 0 Å². The Morgan fingerprint density at radius 3 is 2.53 bits per heavy atom. The van der Waals surface area contributed by atoms with E-state index in [1.165, 1.54) is 48.1 Å². The average molecular weight is 636 g/mol. The number of aryl methyl sites for hydroxylation is 1. The highest BCUT2D eigenvalue weighted by atomic mass is 16.4. The Balaban J connectivity index is 0.881. The van der Waals surface area contributed by atoms with E-state index in [1.807, 2.05) is 46.2 Å². The van der Waals surface area contributed by atoms with Gasteiger partial charge in [0.25, 0.3) is 0 Å². The van der Waals surface area contributed by atoms with Gasteiger partial charge in [-0.05, 0) is 80.1 Å². The first kappa shape index (κ1) is 29.9. The number of aromatic amines is 1. The van der Waals surface area contributed by atoms with E-state index in [1.54, 1.807) is 7.05 Å². The van der Waals surface area contributed by atoms with Crippen molar-refractivity contribution < 1.29 is 14.0 Å². The molecule has 4 aromatic rings. The number of fused-ring (bicyclic) bond motifs is 1. The molecule has 0 radical (unpaired) electrons. The number of nitrogens with zero attached hydrogens (tertiary/aromatic N) is 6. The van der Waals surface area contributed by atoms with Crippen LogP contribution in [-0.2, 0) is 16.6 Å². The van der Waals surface area contributed by atoms with Gasteiger partial charge in [-0.2, -0.15) is 9.78 Å². The number of hydrogen-bond donors (Lipinski definition) is 1. The molecule has 3 fully saturated rings. The van der Waals surface area contributed by atoms with Gasteiger partial charge in [0.2, 0.25) is 17.7 Å². The summed E-state index contributed by atoms with van der Waals surface area (Å²) in [5.74, 6) is 0.630. The summed E-state index contributed by atoms with van der Waals surface area (Å²) in [5.41, 5.74) is 5.76. The smallest absolute Gasteiger partial charge is 0.388 e. The fraction of sp³-hybridized carbons (Fsp3) is 0.472. The zero-order valence-electron chi connectivity index (χ0n) is 26.9. The molecule has 11 heteroatoms. The van der Waals surface area contributed by atoms with Gasteiger partial charge in [0.15, 0.2) is 0 Å². The number of rotatable bonds is 6. The molecule has 5 heterocycles. The van der Waals surface area contributed by atoms with E-state index >= 15 is 0 Å². The van der Waals surface area contributed by atoms with E-state index in [4.69, 9.17) is 4.42 Å². The fourth-order valence-electron chi connectivity index (χ4n) is 8.17. The van der Waals surface area contributed by atoms with Crippen LogP contribution < -0.4 is 10.7 Å². The Hall–Kier alpha value is -4.51. The van der Waals surface area contributed by atoms with E-state index < -0.39 is 11.2 Å². The molecule has 2 aromatic heterocycles. The third-order valence-electron chi connectivity index (χ3n) is 11.0. The van der Waals surface area contributed by atoms with E-state index in [0.29, 0.717) is 44.5 Å². The summed E-state index contributed by atoms with van der Waals surface area (Å²) >= 11 is 0. The minimum atomic E-state index is -0.490. The summed E-state index contributed by atoms with van der Waals surface area (Å²) in [6.07, 6.45) is 10.7. The lowest BCUT2D eigenvalue weighted by Gasteiger charge is -2.29. The maximum Gasteiger partial charge on any atom is 0.437 e. The molecule has 0 bridgehead atoms. The molecule has 244 valence electrons. The summed E-state index contributed by atoms with van der Waals surface area (Å²) in [7, 11) is 1.56. The highest BCUT2D eigenvalue weighted by Crippen LogP contribution is 2.43. The molecule has 1 aliphatic carbocycles. The highest BCUT2D eigenvalue weighted by Gasteiger charge is 2.51. The third-order valence-corrected chi connectivity index (χ3v) is 11.0. The number of nitrogens with one attached hydrogen (secondary N) is 1. The fourth-order valence-corrected chi connectivity index (χ4v) is 8.17. The molecule has 0 unspecified atom stereocenters. The molecule has 8 rings (SSSR count).